The van der Waals surface area contributed by atoms with E-state index in [-0.39, 0.29) is 0 Å². The lowest BCUT2D eigenvalue weighted by Gasteiger charge is -2.39. The molecule has 1 heterocycles. The lowest BCUT2D eigenvalue weighted by Crippen LogP contribution is -2.50. The van der Waals surface area contributed by atoms with Gasteiger partial charge in [-0.05, 0) is 18.8 Å². The summed E-state index contributed by atoms with van der Waals surface area (Å²) in [4.78, 5) is 2.56. The molecule has 2 N–H and O–H groups in total. The van der Waals surface area contributed by atoms with Gasteiger partial charge in [0.25, 0.3) is 0 Å². The summed E-state index contributed by atoms with van der Waals surface area (Å²) in [6.45, 7) is 7.62. The molecule has 3 heteroatoms. The van der Waals surface area contributed by atoms with E-state index in [2.05, 4.69) is 18.7 Å². The van der Waals surface area contributed by atoms with E-state index in [0.717, 1.165) is 26.1 Å². The third kappa shape index (κ3) is 3.74. The quantitative estimate of drug-likeness (QED) is 0.753. The van der Waals surface area contributed by atoms with Gasteiger partial charge >= 0.3 is 0 Å². The lowest BCUT2D eigenvalue weighted by molar-refractivity contribution is 0.0518. The summed E-state index contributed by atoms with van der Waals surface area (Å²) in [5.41, 5.74) is 6.03. The van der Waals surface area contributed by atoms with Gasteiger partial charge in [0.05, 0.1) is 6.61 Å². The highest BCUT2D eigenvalue weighted by molar-refractivity contribution is 4.83. The molecule has 0 bridgehead atoms. The minimum Gasteiger partial charge on any atom is -0.383 e. The Bertz CT molecular complexity index is 169. The summed E-state index contributed by atoms with van der Waals surface area (Å²) in [6.07, 6.45) is 3.59. The molecule has 0 radical (unpaired) electrons. The van der Waals surface area contributed by atoms with Gasteiger partial charge in [-0.15, -0.1) is 0 Å². The Morgan fingerprint density at radius 1 is 1.53 bits per heavy atom. The molecule has 90 valence electrons. The molecule has 0 amide bonds. The van der Waals surface area contributed by atoms with E-state index in [4.69, 9.17) is 10.5 Å². The van der Waals surface area contributed by atoms with Gasteiger partial charge in [0.2, 0.25) is 0 Å². The normalized spacial score (nSPS) is 30.4. The number of rotatable bonds is 5. The van der Waals surface area contributed by atoms with E-state index in [9.17, 15) is 0 Å². The molecule has 3 atom stereocenters. The first-order chi connectivity index (χ1) is 7.19. The fraction of sp³-hybridized carbons (Fsp3) is 1.00. The van der Waals surface area contributed by atoms with Crippen LogP contribution in [0.25, 0.3) is 0 Å². The second-order valence-electron chi connectivity index (χ2n) is 4.82. The maximum atomic E-state index is 6.03. The highest BCUT2D eigenvalue weighted by atomic mass is 16.5. The van der Waals surface area contributed by atoms with Gasteiger partial charge in [0.1, 0.15) is 0 Å². The van der Waals surface area contributed by atoms with Crippen molar-refractivity contribution in [2.45, 2.75) is 45.2 Å². The van der Waals surface area contributed by atoms with Crippen molar-refractivity contribution in [3.8, 4) is 0 Å². The zero-order valence-electron chi connectivity index (χ0n) is 10.4. The monoisotopic (exact) mass is 214 g/mol. The summed E-state index contributed by atoms with van der Waals surface area (Å²) in [7, 11) is 1.79. The number of nitrogens with zero attached hydrogens (tertiary/aromatic N) is 1. The van der Waals surface area contributed by atoms with Gasteiger partial charge in [-0.25, -0.2) is 0 Å². The first-order valence-electron chi connectivity index (χ1n) is 6.17. The van der Waals surface area contributed by atoms with Crippen LogP contribution in [0.4, 0.5) is 0 Å². The lowest BCUT2D eigenvalue weighted by atomic mass is 9.93. The molecule has 0 aromatic carbocycles. The highest BCUT2D eigenvalue weighted by Crippen LogP contribution is 2.19. The molecule has 0 aromatic heterocycles. The number of hydrogen-bond acceptors (Lipinski definition) is 3. The van der Waals surface area contributed by atoms with Crippen molar-refractivity contribution in [2.75, 3.05) is 26.8 Å². The van der Waals surface area contributed by atoms with Crippen LogP contribution in [0, 0.1) is 5.92 Å². The molecule has 1 rings (SSSR count). The Hall–Kier alpha value is -0.120. The van der Waals surface area contributed by atoms with E-state index in [0.29, 0.717) is 18.0 Å². The van der Waals surface area contributed by atoms with E-state index >= 15 is 0 Å². The molecule has 1 saturated heterocycles. The molecule has 1 aliphatic heterocycles. The van der Waals surface area contributed by atoms with Crippen LogP contribution in [0.3, 0.4) is 0 Å². The summed E-state index contributed by atoms with van der Waals surface area (Å²) in [6, 6.07) is 0.987. The Balaban J connectivity index is 2.45. The minimum absolute atomic E-state index is 0.395. The van der Waals surface area contributed by atoms with Gasteiger partial charge < -0.3 is 10.5 Å². The van der Waals surface area contributed by atoms with Gasteiger partial charge in [-0.1, -0.05) is 20.3 Å². The van der Waals surface area contributed by atoms with E-state index in [1.165, 1.54) is 12.8 Å². The van der Waals surface area contributed by atoms with Crippen molar-refractivity contribution in [2.24, 2.45) is 11.7 Å². The first kappa shape index (κ1) is 12.9. The van der Waals surface area contributed by atoms with Crippen molar-refractivity contribution in [1.82, 2.24) is 4.90 Å². The third-order valence-electron chi connectivity index (χ3n) is 3.50. The molecule has 1 aliphatic rings. The number of nitrogens with two attached hydrogens (primary N) is 1. The fourth-order valence-electron chi connectivity index (χ4n) is 2.42. The molecule has 15 heavy (non-hydrogen) atoms. The predicted molar refractivity (Wildman–Crippen MR) is 63.9 cm³/mol. The summed E-state index contributed by atoms with van der Waals surface area (Å²) in [5.74, 6) is 0.620. The molecule has 3 unspecified atom stereocenters. The molecule has 0 saturated carbocycles. The van der Waals surface area contributed by atoms with E-state index < -0.39 is 0 Å². The molecular weight excluding hydrogens is 188 g/mol. The summed E-state index contributed by atoms with van der Waals surface area (Å²) < 4.78 is 5.30. The standard InChI is InChI=1S/C12H26N2O/c1-4-5-11(9-15-3)14-7-6-12(13)10(2)8-14/h10-12H,4-9,13H2,1-3H3. The number of hydrogen-bond donors (Lipinski definition) is 1. The van der Waals surface area contributed by atoms with Crippen molar-refractivity contribution < 1.29 is 4.74 Å². The van der Waals surface area contributed by atoms with Crippen LogP contribution in [0.15, 0.2) is 0 Å². The molecule has 0 aromatic rings. The maximum Gasteiger partial charge on any atom is 0.0618 e. The average Bonchev–Trinajstić information content (AvgIpc) is 2.22. The number of likely N-dealkylation sites (tertiary alicyclic amines) is 1. The SMILES string of the molecule is CCCC(COC)N1CCC(N)C(C)C1. The van der Waals surface area contributed by atoms with Crippen LogP contribution in [0.2, 0.25) is 0 Å². The van der Waals surface area contributed by atoms with Crippen LogP contribution in [-0.2, 0) is 4.74 Å². The van der Waals surface area contributed by atoms with Crippen LogP contribution in [0.5, 0.6) is 0 Å². The topological polar surface area (TPSA) is 38.5 Å². The number of piperidine rings is 1. The van der Waals surface area contributed by atoms with Crippen molar-refractivity contribution >= 4 is 0 Å². The van der Waals surface area contributed by atoms with Gasteiger partial charge in [-0.2, -0.15) is 0 Å². The van der Waals surface area contributed by atoms with E-state index in [1.807, 2.05) is 0 Å². The van der Waals surface area contributed by atoms with Gasteiger partial charge in [-0.3, -0.25) is 4.90 Å². The van der Waals surface area contributed by atoms with Gasteiger partial charge in [0, 0.05) is 32.3 Å². The zero-order chi connectivity index (χ0) is 11.3. The summed E-state index contributed by atoms with van der Waals surface area (Å²) in [5, 5.41) is 0. The predicted octanol–water partition coefficient (Wildman–Crippen LogP) is 1.47. The fourth-order valence-corrected chi connectivity index (χ4v) is 2.42. The first-order valence-corrected chi connectivity index (χ1v) is 6.17. The Morgan fingerprint density at radius 2 is 2.27 bits per heavy atom. The van der Waals surface area contributed by atoms with Crippen molar-refractivity contribution in [3.63, 3.8) is 0 Å². The van der Waals surface area contributed by atoms with Crippen molar-refractivity contribution in [1.29, 1.82) is 0 Å². The largest absolute Gasteiger partial charge is 0.383 e. The minimum atomic E-state index is 0.395. The third-order valence-corrected chi connectivity index (χ3v) is 3.50. The Labute approximate surface area is 94.0 Å². The van der Waals surface area contributed by atoms with Crippen LogP contribution in [-0.4, -0.2) is 43.8 Å². The molecule has 0 aliphatic carbocycles. The zero-order valence-corrected chi connectivity index (χ0v) is 10.4. The number of ether oxygens (including phenoxy) is 1. The number of methoxy groups -OCH3 is 1. The Morgan fingerprint density at radius 3 is 2.80 bits per heavy atom. The van der Waals surface area contributed by atoms with Crippen LogP contribution in [0.1, 0.15) is 33.1 Å². The Kier molecular flexibility index (Phi) is 5.58. The summed E-state index contributed by atoms with van der Waals surface area (Å²) >= 11 is 0. The van der Waals surface area contributed by atoms with Crippen molar-refractivity contribution in [3.05, 3.63) is 0 Å². The molecular formula is C12H26N2O. The second-order valence-corrected chi connectivity index (χ2v) is 4.82. The highest BCUT2D eigenvalue weighted by Gasteiger charge is 2.27. The van der Waals surface area contributed by atoms with E-state index in [1.54, 1.807) is 7.11 Å². The molecule has 1 fully saturated rings. The second kappa shape index (κ2) is 6.46. The average molecular weight is 214 g/mol. The molecule has 3 nitrogen and oxygen atoms in total. The van der Waals surface area contributed by atoms with Crippen LogP contribution >= 0.6 is 0 Å². The molecule has 0 spiro atoms. The van der Waals surface area contributed by atoms with Crippen LogP contribution < -0.4 is 5.73 Å². The maximum absolute atomic E-state index is 6.03. The van der Waals surface area contributed by atoms with Gasteiger partial charge in [0.15, 0.2) is 0 Å². The smallest absolute Gasteiger partial charge is 0.0618 e.